The number of nitrogens with one attached hydrogen (secondary N) is 1. The molecule has 1 aliphatic carbocycles. The Balaban J connectivity index is 1.24. The third-order valence-electron chi connectivity index (χ3n) is 7.67. The van der Waals surface area contributed by atoms with E-state index in [-0.39, 0.29) is 11.8 Å². The number of ketones is 1. The molecule has 3 aromatic heterocycles. The number of fused-ring (bicyclic) bond motifs is 3. The number of rotatable bonds is 7. The molecule has 0 amide bonds. The lowest BCUT2D eigenvalue weighted by Crippen LogP contribution is -2.20. The van der Waals surface area contributed by atoms with E-state index in [1.807, 2.05) is 30.6 Å². The van der Waals surface area contributed by atoms with Gasteiger partial charge < -0.3 is 14.3 Å². The van der Waals surface area contributed by atoms with Gasteiger partial charge in [0.05, 0.1) is 17.8 Å². The molecule has 39 heavy (non-hydrogen) atoms. The molecule has 0 saturated heterocycles. The molecule has 7 nitrogen and oxygen atoms in total. The van der Waals surface area contributed by atoms with Gasteiger partial charge in [-0.2, -0.15) is 5.26 Å². The van der Waals surface area contributed by atoms with E-state index in [0.717, 1.165) is 59.1 Å². The fraction of sp³-hybridized carbons (Fsp3) is 0.250. The highest BCUT2D eigenvalue weighted by Gasteiger charge is 2.27. The maximum atomic E-state index is 12.9. The van der Waals surface area contributed by atoms with Crippen LogP contribution in [0.4, 0.5) is 0 Å². The van der Waals surface area contributed by atoms with Crippen molar-refractivity contribution in [1.29, 1.82) is 5.26 Å². The first-order valence-electron chi connectivity index (χ1n) is 13.2. The Morgan fingerprint density at radius 3 is 2.46 bits per heavy atom. The minimum absolute atomic E-state index is 0.0677. The van der Waals surface area contributed by atoms with Gasteiger partial charge in [-0.25, -0.2) is 9.97 Å². The van der Waals surface area contributed by atoms with E-state index in [4.69, 9.17) is 21.4 Å². The average Bonchev–Trinajstić information content (AvgIpc) is 3.61. The Bertz CT molecular complexity index is 1720. The number of ether oxygens (including phenoxy) is 1. The molecule has 1 fully saturated rings. The lowest BCUT2D eigenvalue weighted by atomic mass is 9.84. The van der Waals surface area contributed by atoms with Gasteiger partial charge in [0.15, 0.2) is 5.78 Å². The second-order valence-corrected chi connectivity index (χ2v) is 10.0. The molecule has 3 heterocycles. The number of pyridine rings is 1. The minimum atomic E-state index is -0.0677. The first-order valence-corrected chi connectivity index (χ1v) is 13.2. The van der Waals surface area contributed by atoms with E-state index in [2.05, 4.69) is 26.5 Å². The molecule has 0 unspecified atom stereocenters. The number of aromatic nitrogens is 4. The van der Waals surface area contributed by atoms with Crippen LogP contribution in [0.1, 0.15) is 65.5 Å². The lowest BCUT2D eigenvalue weighted by Gasteiger charge is -2.30. The monoisotopic (exact) mass is 513 g/mol. The average molecular weight is 514 g/mol. The van der Waals surface area contributed by atoms with Crippen molar-refractivity contribution in [3.8, 4) is 24.2 Å². The molecule has 1 saturated carbocycles. The van der Waals surface area contributed by atoms with Gasteiger partial charge in [0.1, 0.15) is 29.3 Å². The molecule has 192 valence electrons. The quantitative estimate of drug-likeness (QED) is 0.202. The van der Waals surface area contributed by atoms with Crippen LogP contribution < -0.4 is 4.74 Å². The molecule has 0 bridgehead atoms. The number of hydrogen-bond donors (Lipinski definition) is 1. The molecular formula is C32H27N5O2. The van der Waals surface area contributed by atoms with Gasteiger partial charge in [-0.3, -0.25) is 4.79 Å². The van der Waals surface area contributed by atoms with E-state index in [1.165, 1.54) is 0 Å². The van der Waals surface area contributed by atoms with Gasteiger partial charge in [0.2, 0.25) is 0 Å². The molecule has 0 aliphatic heterocycles. The Morgan fingerprint density at radius 1 is 1.05 bits per heavy atom. The van der Waals surface area contributed by atoms with Crippen LogP contribution in [-0.4, -0.2) is 25.3 Å². The highest BCUT2D eigenvalue weighted by atomic mass is 16.5. The van der Waals surface area contributed by atoms with Gasteiger partial charge >= 0.3 is 0 Å². The van der Waals surface area contributed by atoms with Crippen molar-refractivity contribution in [3.63, 3.8) is 0 Å². The van der Waals surface area contributed by atoms with Crippen molar-refractivity contribution in [2.75, 3.05) is 0 Å². The molecule has 5 aromatic rings. The zero-order valence-corrected chi connectivity index (χ0v) is 21.4. The normalized spacial score (nSPS) is 17.1. The summed E-state index contributed by atoms with van der Waals surface area (Å²) in [4.78, 5) is 25.5. The molecule has 6 rings (SSSR count). The zero-order valence-electron chi connectivity index (χ0n) is 21.4. The summed E-state index contributed by atoms with van der Waals surface area (Å²) in [6.45, 7) is 0.291. The number of H-pyrrole nitrogens is 1. The minimum Gasteiger partial charge on any atom is -0.486 e. The van der Waals surface area contributed by atoms with Crippen LogP contribution in [0.15, 0.2) is 67.0 Å². The van der Waals surface area contributed by atoms with E-state index >= 15 is 0 Å². The summed E-state index contributed by atoms with van der Waals surface area (Å²) in [5.41, 5.74) is 4.66. The Hall–Kier alpha value is -4.88. The number of imidazole rings is 1. The zero-order chi connectivity index (χ0) is 26.8. The fourth-order valence-corrected chi connectivity index (χ4v) is 5.61. The molecule has 1 N–H and O–H groups in total. The molecule has 0 atom stereocenters. The van der Waals surface area contributed by atoms with Crippen LogP contribution >= 0.6 is 0 Å². The summed E-state index contributed by atoms with van der Waals surface area (Å²) in [6, 6.07) is 18.9. The maximum Gasteiger partial charge on any atom is 0.193 e. The van der Waals surface area contributed by atoms with Gasteiger partial charge in [0.25, 0.3) is 0 Å². The molecule has 2 aromatic carbocycles. The number of carbonyl (C=O) groups excluding carboxylic acids is 1. The second-order valence-electron chi connectivity index (χ2n) is 10.0. The molecule has 7 heteroatoms. The molecule has 1 aliphatic rings. The third-order valence-corrected chi connectivity index (χ3v) is 7.67. The van der Waals surface area contributed by atoms with E-state index in [9.17, 15) is 4.79 Å². The molecule has 0 radical (unpaired) electrons. The topological polar surface area (TPSA) is 96.6 Å². The van der Waals surface area contributed by atoms with Crippen LogP contribution in [0.5, 0.6) is 5.75 Å². The van der Waals surface area contributed by atoms with Crippen molar-refractivity contribution in [3.05, 3.63) is 89.5 Å². The molecular weight excluding hydrogens is 486 g/mol. The summed E-state index contributed by atoms with van der Waals surface area (Å²) in [5, 5.41) is 10.2. The van der Waals surface area contributed by atoms with Crippen LogP contribution in [0, 0.1) is 29.6 Å². The van der Waals surface area contributed by atoms with Crippen LogP contribution in [0.25, 0.3) is 22.1 Å². The molecule has 0 spiro atoms. The highest BCUT2D eigenvalue weighted by molar-refractivity contribution is 6.09. The van der Waals surface area contributed by atoms with Crippen LogP contribution in [-0.2, 0) is 6.61 Å². The van der Waals surface area contributed by atoms with Gasteiger partial charge in [-0.1, -0.05) is 5.92 Å². The standard InChI is InChI=1S/C32H27N5O2/c1-2-21-3-7-23(8-4-21)31(38)24-9-13-26(14-10-24)39-20-29-36-28-19-35-32-27(16-18-34-32)30(28)37(29)25-11-5-22(6-12-25)15-17-33/h1,3-4,7-10,13-14,16,18-19,22,25H,5-6,11-12,15,20H2,(H,34,35). The highest BCUT2D eigenvalue weighted by Crippen LogP contribution is 2.38. The van der Waals surface area contributed by atoms with Crippen molar-refractivity contribution in [2.45, 2.75) is 44.8 Å². The van der Waals surface area contributed by atoms with Gasteiger partial charge in [-0.15, -0.1) is 6.42 Å². The van der Waals surface area contributed by atoms with Crippen LogP contribution in [0.3, 0.4) is 0 Å². The number of nitriles is 1. The predicted molar refractivity (Wildman–Crippen MR) is 149 cm³/mol. The summed E-state index contributed by atoms with van der Waals surface area (Å²) < 4.78 is 8.52. The predicted octanol–water partition coefficient (Wildman–Crippen LogP) is 6.35. The smallest absolute Gasteiger partial charge is 0.193 e. The van der Waals surface area contributed by atoms with E-state index in [0.29, 0.717) is 35.8 Å². The third kappa shape index (κ3) is 4.76. The number of hydrogen-bond acceptors (Lipinski definition) is 5. The Kier molecular flexibility index (Phi) is 6.57. The number of benzene rings is 2. The second kappa shape index (κ2) is 10.5. The number of carbonyl (C=O) groups is 1. The number of terminal acetylenes is 1. The largest absolute Gasteiger partial charge is 0.486 e. The number of nitrogens with zero attached hydrogens (tertiary/aromatic N) is 4. The van der Waals surface area contributed by atoms with Crippen molar-refractivity contribution in [1.82, 2.24) is 19.5 Å². The number of aromatic amines is 1. The van der Waals surface area contributed by atoms with Crippen molar-refractivity contribution < 1.29 is 9.53 Å². The van der Waals surface area contributed by atoms with E-state index < -0.39 is 0 Å². The van der Waals surface area contributed by atoms with Gasteiger partial charge in [0, 0.05) is 40.7 Å². The van der Waals surface area contributed by atoms with Crippen molar-refractivity contribution >= 4 is 27.9 Å². The summed E-state index contributed by atoms with van der Waals surface area (Å²) in [7, 11) is 0. The first kappa shape index (κ1) is 24.5. The Morgan fingerprint density at radius 2 is 1.77 bits per heavy atom. The Labute approximate surface area is 226 Å². The summed E-state index contributed by atoms with van der Waals surface area (Å²) in [6.07, 6.45) is 13.8. The van der Waals surface area contributed by atoms with Gasteiger partial charge in [-0.05, 0) is 86.2 Å². The van der Waals surface area contributed by atoms with E-state index in [1.54, 1.807) is 36.4 Å². The SMILES string of the molecule is C#Cc1ccc(C(=O)c2ccc(OCc3nc4cnc5[nH]ccc5c4n3C3CCC(CC#N)CC3)cc2)cc1. The fourth-order valence-electron chi connectivity index (χ4n) is 5.61. The van der Waals surface area contributed by atoms with Crippen molar-refractivity contribution in [2.24, 2.45) is 5.92 Å². The summed E-state index contributed by atoms with van der Waals surface area (Å²) in [5.74, 6) is 4.47. The first-order chi connectivity index (χ1) is 19.1. The lowest BCUT2D eigenvalue weighted by molar-refractivity contribution is 0.103. The van der Waals surface area contributed by atoms with Crippen LogP contribution in [0.2, 0.25) is 0 Å². The maximum absolute atomic E-state index is 12.9. The summed E-state index contributed by atoms with van der Waals surface area (Å²) >= 11 is 0.